The second-order valence-electron chi connectivity index (χ2n) is 5.02. The molecule has 1 saturated carbocycles. The quantitative estimate of drug-likeness (QED) is 0.511. The summed E-state index contributed by atoms with van der Waals surface area (Å²) in [5, 5.41) is 0. The first-order valence-corrected chi connectivity index (χ1v) is 8.84. The number of sulfonamides is 1. The Morgan fingerprint density at radius 3 is 2.60 bits per heavy atom. The van der Waals surface area contributed by atoms with E-state index in [4.69, 9.17) is 4.74 Å². The second-order valence-corrected chi connectivity index (χ2v) is 6.95. The number of carbonyl (C=O) groups is 1. The summed E-state index contributed by atoms with van der Waals surface area (Å²) in [6, 6.07) is 0. The standard InChI is InChI=1S/C13H25NO5S/c1-18-13(15)8-5-11-20(16,17)14-9-10-19-12-6-3-2-4-7-12/h12,14H,2-11H2,1H3. The zero-order valence-corrected chi connectivity index (χ0v) is 12.9. The normalized spacial score (nSPS) is 17.1. The van der Waals surface area contributed by atoms with Gasteiger partial charge in [0.2, 0.25) is 10.0 Å². The van der Waals surface area contributed by atoms with Crippen molar-refractivity contribution >= 4 is 16.0 Å². The van der Waals surface area contributed by atoms with E-state index in [1.807, 2.05) is 0 Å². The minimum absolute atomic E-state index is 0.0640. The van der Waals surface area contributed by atoms with Gasteiger partial charge in [0.15, 0.2) is 0 Å². The molecule has 0 bridgehead atoms. The van der Waals surface area contributed by atoms with Crippen molar-refractivity contribution in [2.75, 3.05) is 26.0 Å². The van der Waals surface area contributed by atoms with Crippen LogP contribution in [0.3, 0.4) is 0 Å². The summed E-state index contributed by atoms with van der Waals surface area (Å²) < 4.78 is 35.8. The summed E-state index contributed by atoms with van der Waals surface area (Å²) in [4.78, 5) is 10.9. The summed E-state index contributed by atoms with van der Waals surface area (Å²) in [5.74, 6) is -0.452. The van der Waals surface area contributed by atoms with Crippen molar-refractivity contribution in [3.05, 3.63) is 0 Å². The minimum Gasteiger partial charge on any atom is -0.469 e. The number of carbonyl (C=O) groups excluding carboxylic acids is 1. The Labute approximate surface area is 121 Å². The number of hydrogen-bond donors (Lipinski definition) is 1. The lowest BCUT2D eigenvalue weighted by Crippen LogP contribution is -2.31. The fraction of sp³-hybridized carbons (Fsp3) is 0.923. The average Bonchev–Trinajstić information content (AvgIpc) is 2.44. The van der Waals surface area contributed by atoms with Crippen LogP contribution in [-0.2, 0) is 24.3 Å². The molecule has 6 nitrogen and oxygen atoms in total. The van der Waals surface area contributed by atoms with Gasteiger partial charge in [-0.1, -0.05) is 19.3 Å². The zero-order valence-electron chi connectivity index (χ0n) is 12.1. The van der Waals surface area contributed by atoms with Crippen LogP contribution < -0.4 is 4.72 Å². The number of rotatable bonds is 9. The molecule has 0 aromatic heterocycles. The third kappa shape index (κ3) is 7.81. The number of nitrogens with one attached hydrogen (secondary N) is 1. The second kappa shape index (κ2) is 9.31. The van der Waals surface area contributed by atoms with Gasteiger partial charge in [-0.15, -0.1) is 0 Å². The highest BCUT2D eigenvalue weighted by Crippen LogP contribution is 2.19. The van der Waals surface area contributed by atoms with Crippen molar-refractivity contribution in [3.8, 4) is 0 Å². The monoisotopic (exact) mass is 307 g/mol. The van der Waals surface area contributed by atoms with Crippen molar-refractivity contribution in [1.82, 2.24) is 4.72 Å². The van der Waals surface area contributed by atoms with Crippen LogP contribution in [0.1, 0.15) is 44.9 Å². The first-order chi connectivity index (χ1) is 9.53. The maximum Gasteiger partial charge on any atom is 0.305 e. The molecule has 0 saturated heterocycles. The molecular weight excluding hydrogens is 282 g/mol. The summed E-state index contributed by atoms with van der Waals surface area (Å²) in [7, 11) is -2.04. The molecule has 1 rings (SSSR count). The largest absolute Gasteiger partial charge is 0.469 e. The Morgan fingerprint density at radius 1 is 1.25 bits per heavy atom. The van der Waals surface area contributed by atoms with E-state index < -0.39 is 10.0 Å². The van der Waals surface area contributed by atoms with Gasteiger partial charge < -0.3 is 9.47 Å². The highest BCUT2D eigenvalue weighted by molar-refractivity contribution is 7.89. The van der Waals surface area contributed by atoms with E-state index in [0.717, 1.165) is 12.8 Å². The Bertz CT molecular complexity index is 376. The van der Waals surface area contributed by atoms with Gasteiger partial charge in [-0.25, -0.2) is 13.1 Å². The predicted molar refractivity (Wildman–Crippen MR) is 75.9 cm³/mol. The smallest absolute Gasteiger partial charge is 0.305 e. The lowest BCUT2D eigenvalue weighted by molar-refractivity contribution is -0.140. The van der Waals surface area contributed by atoms with E-state index in [9.17, 15) is 13.2 Å². The number of esters is 1. The molecule has 1 N–H and O–H groups in total. The van der Waals surface area contributed by atoms with Gasteiger partial charge in [-0.3, -0.25) is 4.79 Å². The predicted octanol–water partition coefficient (Wildman–Crippen LogP) is 1.21. The van der Waals surface area contributed by atoms with Gasteiger partial charge in [0.1, 0.15) is 0 Å². The van der Waals surface area contributed by atoms with E-state index in [2.05, 4.69) is 9.46 Å². The molecule has 20 heavy (non-hydrogen) atoms. The molecule has 1 aliphatic carbocycles. The Hall–Kier alpha value is -0.660. The van der Waals surface area contributed by atoms with Crippen molar-refractivity contribution < 1.29 is 22.7 Å². The fourth-order valence-corrected chi connectivity index (χ4v) is 3.30. The summed E-state index contributed by atoms with van der Waals surface area (Å²) in [6.07, 6.45) is 6.49. The summed E-state index contributed by atoms with van der Waals surface area (Å²) in [6.45, 7) is 0.692. The molecule has 1 aliphatic rings. The minimum atomic E-state index is -3.33. The van der Waals surface area contributed by atoms with Crippen molar-refractivity contribution in [3.63, 3.8) is 0 Å². The van der Waals surface area contributed by atoms with E-state index in [1.165, 1.54) is 26.4 Å². The molecular formula is C13H25NO5S. The lowest BCUT2D eigenvalue weighted by Gasteiger charge is -2.21. The van der Waals surface area contributed by atoms with Crippen LogP contribution in [0.4, 0.5) is 0 Å². The molecule has 0 unspecified atom stereocenters. The van der Waals surface area contributed by atoms with Gasteiger partial charge in [0, 0.05) is 13.0 Å². The summed E-state index contributed by atoms with van der Waals surface area (Å²) in [5.41, 5.74) is 0. The molecule has 0 radical (unpaired) electrons. The highest BCUT2D eigenvalue weighted by Gasteiger charge is 2.14. The molecule has 0 heterocycles. The summed E-state index contributed by atoms with van der Waals surface area (Å²) >= 11 is 0. The molecule has 0 atom stereocenters. The van der Waals surface area contributed by atoms with Crippen LogP contribution in [0.5, 0.6) is 0 Å². The third-order valence-corrected chi connectivity index (χ3v) is 4.82. The lowest BCUT2D eigenvalue weighted by atomic mass is 9.98. The van der Waals surface area contributed by atoms with E-state index >= 15 is 0 Å². The number of ether oxygens (including phenoxy) is 2. The van der Waals surface area contributed by atoms with E-state index in [0.29, 0.717) is 6.61 Å². The van der Waals surface area contributed by atoms with E-state index in [-0.39, 0.29) is 37.2 Å². The van der Waals surface area contributed by atoms with Crippen LogP contribution in [0, 0.1) is 0 Å². The molecule has 7 heteroatoms. The molecule has 0 aliphatic heterocycles. The fourth-order valence-electron chi connectivity index (χ4n) is 2.24. The SMILES string of the molecule is COC(=O)CCCS(=O)(=O)NCCOC1CCCCC1. The number of hydrogen-bond acceptors (Lipinski definition) is 5. The van der Waals surface area contributed by atoms with Crippen LogP contribution in [0.2, 0.25) is 0 Å². The molecule has 1 fully saturated rings. The Morgan fingerprint density at radius 2 is 1.95 bits per heavy atom. The molecule has 0 aromatic rings. The molecule has 0 spiro atoms. The molecule has 0 amide bonds. The van der Waals surface area contributed by atoms with Crippen molar-refractivity contribution in [2.45, 2.75) is 51.0 Å². The van der Waals surface area contributed by atoms with Gasteiger partial charge in [-0.2, -0.15) is 0 Å². The Balaban J connectivity index is 2.08. The average molecular weight is 307 g/mol. The van der Waals surface area contributed by atoms with E-state index in [1.54, 1.807) is 0 Å². The van der Waals surface area contributed by atoms with Crippen molar-refractivity contribution in [1.29, 1.82) is 0 Å². The Kier molecular flexibility index (Phi) is 8.09. The third-order valence-electron chi connectivity index (χ3n) is 3.35. The van der Waals surface area contributed by atoms with Crippen LogP contribution in [-0.4, -0.2) is 46.5 Å². The highest BCUT2D eigenvalue weighted by atomic mass is 32.2. The van der Waals surface area contributed by atoms with Crippen LogP contribution in [0.15, 0.2) is 0 Å². The molecule has 0 aromatic carbocycles. The van der Waals surface area contributed by atoms with Gasteiger partial charge in [0.25, 0.3) is 0 Å². The van der Waals surface area contributed by atoms with Crippen LogP contribution in [0.25, 0.3) is 0 Å². The van der Waals surface area contributed by atoms with Crippen molar-refractivity contribution in [2.24, 2.45) is 0 Å². The van der Waals surface area contributed by atoms with Gasteiger partial charge >= 0.3 is 5.97 Å². The van der Waals surface area contributed by atoms with Gasteiger partial charge in [-0.05, 0) is 19.3 Å². The zero-order chi connectivity index (χ0) is 14.8. The topological polar surface area (TPSA) is 81.7 Å². The van der Waals surface area contributed by atoms with Crippen LogP contribution >= 0.6 is 0 Å². The number of methoxy groups -OCH3 is 1. The first-order valence-electron chi connectivity index (χ1n) is 7.19. The maximum absolute atomic E-state index is 11.6. The maximum atomic E-state index is 11.6. The van der Waals surface area contributed by atoms with Gasteiger partial charge in [0.05, 0.1) is 25.6 Å². The molecule has 118 valence electrons. The first kappa shape index (κ1) is 17.4.